The van der Waals surface area contributed by atoms with Crippen LogP contribution in [0.3, 0.4) is 0 Å². The standard InChI is InChI=1S/C24H27ClN4O2/c1-31-19-11-9-16(10-12-19)23-13-21(26-29(23)22-8-3-2-7-20(22)25)24(30)27-28-14-17-5-4-6-18(17)15-28/h2-3,7-12,17-18,23H,4-6,13-15H2,1H3,(H,27,30). The number of nitrogens with one attached hydrogen (secondary N) is 1. The van der Waals surface area contributed by atoms with Crippen molar-refractivity contribution < 1.29 is 9.53 Å². The lowest BCUT2D eigenvalue weighted by molar-refractivity contribution is -0.119. The SMILES string of the molecule is COc1ccc(C2CC(C(=O)NN3CC4CCCC4C3)=NN2c2ccccc2Cl)cc1. The number of para-hydroxylation sites is 1. The van der Waals surface area contributed by atoms with Crippen LogP contribution in [-0.4, -0.2) is 36.8 Å². The number of hydrogen-bond acceptors (Lipinski definition) is 5. The van der Waals surface area contributed by atoms with Crippen molar-refractivity contribution in [3.05, 3.63) is 59.1 Å². The Bertz CT molecular complexity index is 981. The number of ether oxygens (including phenoxy) is 1. The highest BCUT2D eigenvalue weighted by Crippen LogP contribution is 2.39. The fourth-order valence-corrected chi connectivity index (χ4v) is 5.35. The second kappa shape index (κ2) is 8.52. The number of carbonyl (C=O) groups excluding carboxylic acids is 1. The molecule has 0 radical (unpaired) electrons. The molecule has 1 aliphatic carbocycles. The normalized spacial score (nSPS) is 25.4. The minimum absolute atomic E-state index is 0.107. The van der Waals surface area contributed by atoms with E-state index in [2.05, 4.69) is 10.4 Å². The highest BCUT2D eigenvalue weighted by atomic mass is 35.5. The monoisotopic (exact) mass is 438 g/mol. The second-order valence-corrected chi connectivity index (χ2v) is 9.04. The molecule has 2 heterocycles. The quantitative estimate of drug-likeness (QED) is 0.750. The molecule has 3 unspecified atom stereocenters. The van der Waals surface area contributed by atoms with Crippen molar-refractivity contribution in [1.82, 2.24) is 10.4 Å². The van der Waals surface area contributed by atoms with Gasteiger partial charge in [-0.2, -0.15) is 5.10 Å². The predicted octanol–water partition coefficient (Wildman–Crippen LogP) is 4.42. The summed E-state index contributed by atoms with van der Waals surface area (Å²) >= 11 is 6.48. The van der Waals surface area contributed by atoms with Gasteiger partial charge in [-0.3, -0.25) is 15.2 Å². The highest BCUT2D eigenvalue weighted by Gasteiger charge is 2.38. The first-order valence-electron chi connectivity index (χ1n) is 10.9. The number of carbonyl (C=O) groups is 1. The zero-order valence-corrected chi connectivity index (χ0v) is 18.4. The number of anilines is 1. The maximum Gasteiger partial charge on any atom is 0.281 e. The topological polar surface area (TPSA) is 57.2 Å². The Morgan fingerprint density at radius 3 is 2.48 bits per heavy atom. The molecule has 1 N–H and O–H groups in total. The van der Waals surface area contributed by atoms with Crippen LogP contribution in [0.1, 0.15) is 37.3 Å². The van der Waals surface area contributed by atoms with E-state index in [1.165, 1.54) is 19.3 Å². The van der Waals surface area contributed by atoms with E-state index >= 15 is 0 Å². The Kier molecular flexibility index (Phi) is 5.59. The van der Waals surface area contributed by atoms with Crippen molar-refractivity contribution in [2.45, 2.75) is 31.7 Å². The van der Waals surface area contributed by atoms with Gasteiger partial charge in [-0.05, 0) is 54.5 Å². The number of nitrogens with zero attached hydrogens (tertiary/aromatic N) is 3. The molecule has 2 aliphatic heterocycles. The van der Waals surface area contributed by atoms with E-state index in [4.69, 9.17) is 21.4 Å². The molecule has 3 aliphatic rings. The van der Waals surface area contributed by atoms with Crippen LogP contribution in [0.2, 0.25) is 5.02 Å². The Balaban J connectivity index is 1.38. The van der Waals surface area contributed by atoms with Crippen LogP contribution < -0.4 is 15.2 Å². The van der Waals surface area contributed by atoms with Crippen LogP contribution in [0.15, 0.2) is 53.6 Å². The van der Waals surface area contributed by atoms with E-state index in [0.29, 0.717) is 17.2 Å². The van der Waals surface area contributed by atoms with Crippen molar-refractivity contribution in [2.24, 2.45) is 16.9 Å². The third-order valence-electron chi connectivity index (χ3n) is 6.76. The van der Waals surface area contributed by atoms with E-state index in [9.17, 15) is 4.79 Å². The molecule has 7 heteroatoms. The first kappa shape index (κ1) is 20.3. The van der Waals surface area contributed by atoms with Gasteiger partial charge in [0.1, 0.15) is 11.5 Å². The number of amides is 1. The molecule has 3 atom stereocenters. The summed E-state index contributed by atoms with van der Waals surface area (Å²) < 4.78 is 5.29. The number of methoxy groups -OCH3 is 1. The number of fused-ring (bicyclic) bond motifs is 1. The van der Waals surface area contributed by atoms with Gasteiger partial charge < -0.3 is 4.74 Å². The Morgan fingerprint density at radius 2 is 1.81 bits per heavy atom. The molecular formula is C24H27ClN4O2. The second-order valence-electron chi connectivity index (χ2n) is 8.63. The van der Waals surface area contributed by atoms with Gasteiger partial charge in [0.15, 0.2) is 0 Å². The molecule has 5 rings (SSSR count). The van der Waals surface area contributed by atoms with Crippen molar-refractivity contribution in [2.75, 3.05) is 25.2 Å². The van der Waals surface area contributed by atoms with Gasteiger partial charge in [0.25, 0.3) is 5.91 Å². The van der Waals surface area contributed by atoms with Crippen molar-refractivity contribution in [3.63, 3.8) is 0 Å². The Labute approximate surface area is 187 Å². The van der Waals surface area contributed by atoms with E-state index in [1.54, 1.807) is 7.11 Å². The number of hydrazine groups is 1. The molecule has 162 valence electrons. The molecule has 0 spiro atoms. The van der Waals surface area contributed by atoms with Crippen molar-refractivity contribution in [3.8, 4) is 5.75 Å². The van der Waals surface area contributed by atoms with Gasteiger partial charge in [0.2, 0.25) is 0 Å². The first-order chi connectivity index (χ1) is 15.1. The minimum atomic E-state index is -0.118. The molecule has 1 amide bonds. The predicted molar refractivity (Wildman–Crippen MR) is 122 cm³/mol. The average molecular weight is 439 g/mol. The summed E-state index contributed by atoms with van der Waals surface area (Å²) in [6.45, 7) is 1.89. The van der Waals surface area contributed by atoms with Gasteiger partial charge in [-0.25, -0.2) is 5.01 Å². The molecular weight excluding hydrogens is 412 g/mol. The highest BCUT2D eigenvalue weighted by molar-refractivity contribution is 6.40. The van der Waals surface area contributed by atoms with Crippen molar-refractivity contribution in [1.29, 1.82) is 0 Å². The fraction of sp³-hybridized carbons (Fsp3) is 0.417. The van der Waals surface area contributed by atoms with Crippen LogP contribution >= 0.6 is 11.6 Å². The van der Waals surface area contributed by atoms with E-state index in [1.807, 2.05) is 53.5 Å². The third-order valence-corrected chi connectivity index (χ3v) is 7.08. The summed E-state index contributed by atoms with van der Waals surface area (Å²) in [7, 11) is 1.65. The van der Waals surface area contributed by atoms with E-state index in [0.717, 1.165) is 41.9 Å². The Morgan fingerprint density at radius 1 is 1.10 bits per heavy atom. The molecule has 1 saturated carbocycles. The molecule has 0 bridgehead atoms. The zero-order valence-electron chi connectivity index (χ0n) is 17.6. The third kappa shape index (κ3) is 4.02. The lowest BCUT2D eigenvalue weighted by atomic mass is 10.0. The van der Waals surface area contributed by atoms with Crippen molar-refractivity contribution >= 4 is 28.9 Å². The van der Waals surface area contributed by atoms with Crippen LogP contribution in [0.4, 0.5) is 5.69 Å². The van der Waals surface area contributed by atoms with Crippen LogP contribution in [0, 0.1) is 11.8 Å². The van der Waals surface area contributed by atoms with Gasteiger partial charge >= 0.3 is 0 Å². The number of halogens is 1. The van der Waals surface area contributed by atoms with Gasteiger partial charge in [-0.15, -0.1) is 0 Å². The first-order valence-corrected chi connectivity index (χ1v) is 11.3. The maximum atomic E-state index is 13.1. The summed E-state index contributed by atoms with van der Waals surface area (Å²) in [4.78, 5) is 13.1. The summed E-state index contributed by atoms with van der Waals surface area (Å²) in [5.41, 5.74) is 5.49. The molecule has 2 aromatic carbocycles. The molecule has 31 heavy (non-hydrogen) atoms. The minimum Gasteiger partial charge on any atom is -0.497 e. The zero-order chi connectivity index (χ0) is 21.4. The molecule has 0 aromatic heterocycles. The maximum absolute atomic E-state index is 13.1. The molecule has 2 fully saturated rings. The smallest absolute Gasteiger partial charge is 0.281 e. The fourth-order valence-electron chi connectivity index (χ4n) is 5.13. The Hall–Kier alpha value is -2.57. The van der Waals surface area contributed by atoms with E-state index < -0.39 is 0 Å². The van der Waals surface area contributed by atoms with Crippen LogP contribution in [-0.2, 0) is 4.79 Å². The van der Waals surface area contributed by atoms with Crippen LogP contribution in [0.25, 0.3) is 0 Å². The largest absolute Gasteiger partial charge is 0.497 e. The van der Waals surface area contributed by atoms with Gasteiger partial charge in [-0.1, -0.05) is 42.3 Å². The summed E-state index contributed by atoms with van der Waals surface area (Å²) in [6.07, 6.45) is 4.39. The van der Waals surface area contributed by atoms with Gasteiger partial charge in [0.05, 0.1) is 23.9 Å². The molecule has 6 nitrogen and oxygen atoms in total. The number of hydrazone groups is 1. The average Bonchev–Trinajstić information content (AvgIpc) is 3.49. The van der Waals surface area contributed by atoms with Gasteiger partial charge in [0, 0.05) is 19.5 Å². The van der Waals surface area contributed by atoms with E-state index in [-0.39, 0.29) is 11.9 Å². The number of benzene rings is 2. The van der Waals surface area contributed by atoms with Crippen LogP contribution in [0.5, 0.6) is 5.75 Å². The molecule has 1 saturated heterocycles. The lowest BCUT2D eigenvalue weighted by Gasteiger charge is -2.24. The molecule has 2 aromatic rings. The lowest BCUT2D eigenvalue weighted by Crippen LogP contribution is -2.44. The number of hydrogen-bond donors (Lipinski definition) is 1. The summed E-state index contributed by atoms with van der Waals surface area (Å²) in [5.74, 6) is 2.12. The number of rotatable bonds is 5. The summed E-state index contributed by atoms with van der Waals surface area (Å²) in [5, 5.41) is 9.30. The summed E-state index contributed by atoms with van der Waals surface area (Å²) in [6, 6.07) is 15.4.